The normalized spacial score (nSPS) is 13.8. The Morgan fingerprint density at radius 2 is 1.67 bits per heavy atom. The summed E-state index contributed by atoms with van der Waals surface area (Å²) in [6.45, 7) is 6.59. The van der Waals surface area contributed by atoms with E-state index in [4.69, 9.17) is 0 Å². The topological polar surface area (TPSA) is 0 Å². The van der Waals surface area contributed by atoms with Gasteiger partial charge in [-0.25, -0.2) is 0 Å². The molecular formula is C15H24. The van der Waals surface area contributed by atoms with Crippen LogP contribution in [0.25, 0.3) is 0 Å². The Morgan fingerprint density at radius 1 is 1.00 bits per heavy atom. The van der Waals surface area contributed by atoms with Crippen molar-refractivity contribution in [3.63, 3.8) is 0 Å². The van der Waals surface area contributed by atoms with E-state index in [1.54, 1.807) is 11.1 Å². The van der Waals surface area contributed by atoms with Gasteiger partial charge in [0.05, 0.1) is 0 Å². The Kier molecular flexibility index (Phi) is 5.45. The van der Waals surface area contributed by atoms with E-state index in [0.717, 1.165) is 0 Å². The van der Waals surface area contributed by atoms with E-state index in [1.807, 2.05) is 0 Å². The zero-order chi connectivity index (χ0) is 11.1. The van der Waals surface area contributed by atoms with E-state index in [0.29, 0.717) is 0 Å². The molecule has 1 aromatic carbocycles. The summed E-state index contributed by atoms with van der Waals surface area (Å²) in [5, 5.41) is 0. The summed E-state index contributed by atoms with van der Waals surface area (Å²) in [5.74, 6) is 0. The van der Waals surface area contributed by atoms with Crippen molar-refractivity contribution < 1.29 is 0 Å². The lowest BCUT2D eigenvalue weighted by molar-refractivity contribution is 0.682. The smallest absolute Gasteiger partial charge is 0.0273 e. The van der Waals surface area contributed by atoms with Gasteiger partial charge >= 0.3 is 0 Å². The molecule has 0 atom stereocenters. The summed E-state index contributed by atoms with van der Waals surface area (Å²) in [6, 6.07) is 6.69. The molecule has 1 aliphatic rings. The van der Waals surface area contributed by atoms with Crippen LogP contribution < -0.4 is 0 Å². The second-order valence-electron chi connectivity index (χ2n) is 4.42. The molecule has 0 aromatic heterocycles. The van der Waals surface area contributed by atoms with Crippen molar-refractivity contribution in [3.05, 3.63) is 34.9 Å². The number of benzene rings is 1. The van der Waals surface area contributed by atoms with Crippen molar-refractivity contribution >= 4 is 0 Å². The Labute approximate surface area is 94.7 Å². The Morgan fingerprint density at radius 3 is 2.27 bits per heavy atom. The van der Waals surface area contributed by atoms with Gasteiger partial charge in [0, 0.05) is 0 Å². The summed E-state index contributed by atoms with van der Waals surface area (Å²) >= 11 is 0. The van der Waals surface area contributed by atoms with Crippen LogP contribution in [0, 0.1) is 6.92 Å². The molecule has 0 fully saturated rings. The van der Waals surface area contributed by atoms with E-state index in [1.165, 1.54) is 44.1 Å². The number of hydrogen-bond donors (Lipinski definition) is 0. The fourth-order valence-electron chi connectivity index (χ4n) is 1.97. The second-order valence-corrected chi connectivity index (χ2v) is 4.42. The standard InChI is InChI=1S/C11H14.C4H10/c1-9-5-4-7-10-6-2-3-8-11(9)10;1-3-4-2/h4-5,7H,2-3,6,8H2,1H3;3-4H2,1-2H3. The molecule has 0 nitrogen and oxygen atoms in total. The molecule has 1 aromatic rings. The molecule has 0 heteroatoms. The van der Waals surface area contributed by atoms with Crippen LogP contribution in [-0.2, 0) is 12.8 Å². The first-order chi connectivity index (χ1) is 7.29. The van der Waals surface area contributed by atoms with E-state index < -0.39 is 0 Å². The monoisotopic (exact) mass is 204 g/mol. The van der Waals surface area contributed by atoms with E-state index in [9.17, 15) is 0 Å². The van der Waals surface area contributed by atoms with Crippen molar-refractivity contribution in [1.82, 2.24) is 0 Å². The SMILES string of the molecule is CCCC.Cc1cccc2c1CCCC2. The van der Waals surface area contributed by atoms with Gasteiger partial charge in [-0.05, 0) is 49.3 Å². The summed E-state index contributed by atoms with van der Waals surface area (Å²) in [4.78, 5) is 0. The van der Waals surface area contributed by atoms with Crippen LogP contribution in [0.2, 0.25) is 0 Å². The van der Waals surface area contributed by atoms with Gasteiger partial charge in [0.2, 0.25) is 0 Å². The van der Waals surface area contributed by atoms with Gasteiger partial charge in [0.1, 0.15) is 0 Å². The first-order valence-electron chi connectivity index (χ1n) is 6.37. The molecule has 1 aliphatic carbocycles. The van der Waals surface area contributed by atoms with Gasteiger partial charge in [0.15, 0.2) is 0 Å². The summed E-state index contributed by atoms with van der Waals surface area (Å²) in [6.07, 6.45) is 8.02. The summed E-state index contributed by atoms with van der Waals surface area (Å²) in [7, 11) is 0. The highest BCUT2D eigenvalue weighted by atomic mass is 14.1. The van der Waals surface area contributed by atoms with E-state index in [-0.39, 0.29) is 0 Å². The van der Waals surface area contributed by atoms with Gasteiger partial charge in [-0.2, -0.15) is 0 Å². The number of rotatable bonds is 1. The van der Waals surface area contributed by atoms with Crippen LogP contribution >= 0.6 is 0 Å². The van der Waals surface area contributed by atoms with Crippen LogP contribution in [-0.4, -0.2) is 0 Å². The van der Waals surface area contributed by atoms with Crippen LogP contribution in [0.1, 0.15) is 56.2 Å². The number of unbranched alkanes of at least 4 members (excludes halogenated alkanes) is 1. The fourth-order valence-corrected chi connectivity index (χ4v) is 1.97. The average molecular weight is 204 g/mol. The van der Waals surface area contributed by atoms with Crippen molar-refractivity contribution in [2.24, 2.45) is 0 Å². The first-order valence-corrected chi connectivity index (χ1v) is 6.37. The molecule has 0 unspecified atom stereocenters. The van der Waals surface area contributed by atoms with Crippen molar-refractivity contribution in [2.75, 3.05) is 0 Å². The molecule has 0 saturated carbocycles. The number of fused-ring (bicyclic) bond motifs is 1. The lowest BCUT2D eigenvalue weighted by Crippen LogP contribution is -2.03. The molecule has 0 heterocycles. The van der Waals surface area contributed by atoms with E-state index >= 15 is 0 Å². The maximum Gasteiger partial charge on any atom is -0.0273 e. The molecule has 0 spiro atoms. The predicted molar refractivity (Wildman–Crippen MR) is 68.4 cm³/mol. The maximum absolute atomic E-state index is 2.28. The van der Waals surface area contributed by atoms with Gasteiger partial charge in [-0.3, -0.25) is 0 Å². The molecule has 15 heavy (non-hydrogen) atoms. The molecule has 0 amide bonds. The summed E-state index contributed by atoms with van der Waals surface area (Å²) < 4.78 is 0. The van der Waals surface area contributed by atoms with Crippen LogP contribution in [0.3, 0.4) is 0 Å². The third-order valence-electron chi connectivity index (χ3n) is 3.13. The van der Waals surface area contributed by atoms with Crippen molar-refractivity contribution in [2.45, 2.75) is 59.3 Å². The highest BCUT2D eigenvalue weighted by Crippen LogP contribution is 2.23. The maximum atomic E-state index is 2.28. The molecule has 84 valence electrons. The Hall–Kier alpha value is -0.780. The van der Waals surface area contributed by atoms with E-state index in [2.05, 4.69) is 39.0 Å². The van der Waals surface area contributed by atoms with Gasteiger partial charge < -0.3 is 0 Å². The largest absolute Gasteiger partial charge is 0.0654 e. The fraction of sp³-hybridized carbons (Fsp3) is 0.600. The minimum Gasteiger partial charge on any atom is -0.0654 e. The van der Waals surface area contributed by atoms with Crippen LogP contribution in [0.5, 0.6) is 0 Å². The Bertz CT molecular complexity index is 284. The number of hydrogen-bond acceptors (Lipinski definition) is 0. The van der Waals surface area contributed by atoms with Crippen molar-refractivity contribution in [3.8, 4) is 0 Å². The van der Waals surface area contributed by atoms with Gasteiger partial charge in [-0.15, -0.1) is 0 Å². The molecule has 0 aliphatic heterocycles. The third-order valence-corrected chi connectivity index (χ3v) is 3.13. The average Bonchev–Trinajstić information content (AvgIpc) is 2.30. The minimum atomic E-state index is 1.30. The predicted octanol–water partition coefficient (Wildman–Crippen LogP) is 4.68. The highest BCUT2D eigenvalue weighted by Gasteiger charge is 2.09. The summed E-state index contributed by atoms with van der Waals surface area (Å²) in [5.41, 5.74) is 4.71. The van der Waals surface area contributed by atoms with Gasteiger partial charge in [-0.1, -0.05) is 44.9 Å². The second kappa shape index (κ2) is 6.66. The highest BCUT2D eigenvalue weighted by molar-refractivity contribution is 5.35. The molecular weight excluding hydrogens is 180 g/mol. The molecule has 0 radical (unpaired) electrons. The lowest BCUT2D eigenvalue weighted by atomic mass is 9.89. The quantitative estimate of drug-likeness (QED) is 0.623. The van der Waals surface area contributed by atoms with Crippen molar-refractivity contribution in [1.29, 1.82) is 0 Å². The number of aryl methyl sites for hydroxylation is 2. The molecule has 0 saturated heterocycles. The lowest BCUT2D eigenvalue weighted by Gasteiger charge is -2.17. The molecule has 0 N–H and O–H groups in total. The van der Waals surface area contributed by atoms with Crippen LogP contribution in [0.15, 0.2) is 18.2 Å². The van der Waals surface area contributed by atoms with Crippen LogP contribution in [0.4, 0.5) is 0 Å². The zero-order valence-corrected chi connectivity index (χ0v) is 10.5. The van der Waals surface area contributed by atoms with Gasteiger partial charge in [0.25, 0.3) is 0 Å². The zero-order valence-electron chi connectivity index (χ0n) is 10.5. The molecule has 2 rings (SSSR count). The molecule has 0 bridgehead atoms. The Balaban J connectivity index is 0.000000245. The minimum absolute atomic E-state index is 1.30. The first kappa shape index (κ1) is 12.3. The third kappa shape index (κ3) is 3.70.